The minimum absolute atomic E-state index is 0.0980. The summed E-state index contributed by atoms with van der Waals surface area (Å²) >= 11 is 1.17. The number of ether oxygens (including phenoxy) is 1. The number of benzene rings is 1. The SMILES string of the molecule is COC(=O)c1c(NC(=O)/C(C#N)=C/c2ccc(-c3cccc(C(F)(F)F)c3)o2)sc(C)c1C. The summed E-state index contributed by atoms with van der Waals surface area (Å²) in [5, 5.41) is 12.2. The third-order valence-electron chi connectivity index (χ3n) is 4.75. The van der Waals surface area contributed by atoms with Crippen molar-refractivity contribution in [1.82, 2.24) is 0 Å². The highest BCUT2D eigenvalue weighted by Crippen LogP contribution is 2.34. The summed E-state index contributed by atoms with van der Waals surface area (Å²) in [5.41, 5.74) is -0.0930. The van der Waals surface area contributed by atoms with Crippen LogP contribution in [0.5, 0.6) is 0 Å². The molecule has 1 aromatic carbocycles. The number of hydrogen-bond donors (Lipinski definition) is 1. The Balaban J connectivity index is 1.87. The Morgan fingerprint density at radius 2 is 1.94 bits per heavy atom. The molecule has 10 heteroatoms. The highest BCUT2D eigenvalue weighted by atomic mass is 32.1. The van der Waals surface area contributed by atoms with Crippen LogP contribution in [-0.2, 0) is 15.7 Å². The van der Waals surface area contributed by atoms with Crippen molar-refractivity contribution in [3.63, 3.8) is 0 Å². The van der Waals surface area contributed by atoms with Crippen LogP contribution in [0.4, 0.5) is 18.2 Å². The van der Waals surface area contributed by atoms with E-state index in [4.69, 9.17) is 9.15 Å². The van der Waals surface area contributed by atoms with Gasteiger partial charge in [0.1, 0.15) is 28.2 Å². The van der Waals surface area contributed by atoms with Gasteiger partial charge < -0.3 is 14.5 Å². The van der Waals surface area contributed by atoms with Gasteiger partial charge in [-0.05, 0) is 43.7 Å². The molecule has 0 saturated carbocycles. The van der Waals surface area contributed by atoms with E-state index in [1.807, 2.05) is 0 Å². The molecule has 2 aromatic heterocycles. The van der Waals surface area contributed by atoms with Crippen molar-refractivity contribution in [2.24, 2.45) is 0 Å². The van der Waals surface area contributed by atoms with Crippen molar-refractivity contribution in [3.8, 4) is 17.4 Å². The normalized spacial score (nSPS) is 11.7. The molecule has 0 aliphatic rings. The van der Waals surface area contributed by atoms with Gasteiger partial charge in [0.2, 0.25) is 0 Å². The zero-order chi connectivity index (χ0) is 24.3. The van der Waals surface area contributed by atoms with Crippen molar-refractivity contribution in [2.75, 3.05) is 12.4 Å². The summed E-state index contributed by atoms with van der Waals surface area (Å²) in [6, 6.07) is 9.23. The zero-order valence-corrected chi connectivity index (χ0v) is 18.5. The second-order valence-corrected chi connectivity index (χ2v) is 8.11. The third-order valence-corrected chi connectivity index (χ3v) is 5.88. The van der Waals surface area contributed by atoms with Crippen LogP contribution in [0, 0.1) is 25.2 Å². The smallest absolute Gasteiger partial charge is 0.416 e. The van der Waals surface area contributed by atoms with Gasteiger partial charge in [0, 0.05) is 16.5 Å². The molecule has 0 saturated heterocycles. The number of amides is 1. The molecule has 0 aliphatic carbocycles. The maximum Gasteiger partial charge on any atom is 0.416 e. The van der Waals surface area contributed by atoms with Gasteiger partial charge in [-0.3, -0.25) is 4.79 Å². The molecule has 0 unspecified atom stereocenters. The first-order chi connectivity index (χ1) is 15.5. The highest BCUT2D eigenvalue weighted by molar-refractivity contribution is 7.16. The number of carbonyl (C=O) groups is 2. The van der Waals surface area contributed by atoms with E-state index in [9.17, 15) is 28.0 Å². The van der Waals surface area contributed by atoms with E-state index >= 15 is 0 Å². The number of esters is 1. The van der Waals surface area contributed by atoms with Crippen molar-refractivity contribution >= 4 is 34.3 Å². The van der Waals surface area contributed by atoms with Crippen LogP contribution in [0.2, 0.25) is 0 Å². The number of thiophene rings is 1. The van der Waals surface area contributed by atoms with E-state index < -0.39 is 23.6 Å². The fourth-order valence-electron chi connectivity index (χ4n) is 2.96. The van der Waals surface area contributed by atoms with Crippen LogP contribution in [0.15, 0.2) is 46.4 Å². The number of carbonyl (C=O) groups excluding carboxylic acids is 2. The van der Waals surface area contributed by atoms with Crippen LogP contribution >= 0.6 is 11.3 Å². The predicted molar refractivity (Wildman–Crippen MR) is 116 cm³/mol. The Hall–Kier alpha value is -3.84. The first-order valence-electron chi connectivity index (χ1n) is 9.44. The number of furan rings is 1. The number of alkyl halides is 3. The molecule has 0 atom stereocenters. The number of aryl methyl sites for hydroxylation is 1. The molecule has 2 heterocycles. The molecule has 3 rings (SSSR count). The summed E-state index contributed by atoms with van der Waals surface area (Å²) in [7, 11) is 1.22. The Kier molecular flexibility index (Phi) is 6.74. The molecule has 0 aliphatic heterocycles. The van der Waals surface area contributed by atoms with E-state index in [1.54, 1.807) is 19.9 Å². The zero-order valence-electron chi connectivity index (χ0n) is 17.7. The lowest BCUT2D eigenvalue weighted by Gasteiger charge is -2.07. The van der Waals surface area contributed by atoms with Crippen molar-refractivity contribution in [2.45, 2.75) is 20.0 Å². The van der Waals surface area contributed by atoms with Crippen molar-refractivity contribution in [1.29, 1.82) is 5.26 Å². The highest BCUT2D eigenvalue weighted by Gasteiger charge is 2.30. The van der Waals surface area contributed by atoms with Crippen LogP contribution in [0.25, 0.3) is 17.4 Å². The number of halogens is 3. The predicted octanol–water partition coefficient (Wildman–Crippen LogP) is 5.98. The molecule has 0 fully saturated rings. The summed E-state index contributed by atoms with van der Waals surface area (Å²) < 4.78 is 49.1. The largest absolute Gasteiger partial charge is 0.465 e. The molecule has 3 aromatic rings. The topological polar surface area (TPSA) is 92.3 Å². The van der Waals surface area contributed by atoms with Gasteiger partial charge in [-0.1, -0.05) is 12.1 Å². The van der Waals surface area contributed by atoms with Gasteiger partial charge >= 0.3 is 12.1 Å². The molecule has 6 nitrogen and oxygen atoms in total. The van der Waals surface area contributed by atoms with E-state index in [2.05, 4.69) is 5.32 Å². The average Bonchev–Trinajstić information content (AvgIpc) is 3.35. The van der Waals surface area contributed by atoms with Crippen LogP contribution in [0.3, 0.4) is 0 Å². The number of nitriles is 1. The van der Waals surface area contributed by atoms with Gasteiger partial charge in [0.25, 0.3) is 5.91 Å². The molecule has 170 valence electrons. The lowest BCUT2D eigenvalue weighted by atomic mass is 10.1. The van der Waals surface area contributed by atoms with Gasteiger partial charge in [0.05, 0.1) is 18.2 Å². The number of anilines is 1. The molecule has 33 heavy (non-hydrogen) atoms. The first-order valence-corrected chi connectivity index (χ1v) is 10.3. The number of nitrogens with zero attached hydrogens (tertiary/aromatic N) is 1. The second-order valence-electron chi connectivity index (χ2n) is 6.88. The fraction of sp³-hybridized carbons (Fsp3) is 0.174. The average molecular weight is 474 g/mol. The fourth-order valence-corrected chi connectivity index (χ4v) is 4.00. The minimum atomic E-state index is -4.50. The van der Waals surface area contributed by atoms with E-state index in [0.29, 0.717) is 5.56 Å². The van der Waals surface area contributed by atoms with Crippen LogP contribution < -0.4 is 5.32 Å². The van der Waals surface area contributed by atoms with Gasteiger partial charge in [-0.15, -0.1) is 11.3 Å². The standard InChI is InChI=1S/C23H17F3N2O4S/c1-12-13(2)33-21(19(12)22(30)31-3)28-20(29)15(11-27)10-17-7-8-18(32-17)14-5-4-6-16(9-14)23(24,25)26/h4-10H,1-3H3,(H,28,29)/b15-10+. The Morgan fingerprint density at radius 1 is 1.21 bits per heavy atom. The van der Waals surface area contributed by atoms with Crippen molar-refractivity contribution in [3.05, 3.63) is 69.3 Å². The first kappa shape index (κ1) is 23.8. The lowest BCUT2D eigenvalue weighted by molar-refractivity contribution is -0.137. The molecule has 0 radical (unpaired) electrons. The van der Waals surface area contributed by atoms with E-state index in [-0.39, 0.29) is 33.2 Å². The van der Waals surface area contributed by atoms with Crippen molar-refractivity contribution < 1.29 is 31.9 Å². The van der Waals surface area contributed by atoms with Gasteiger partial charge in [0.15, 0.2) is 0 Å². The molecule has 1 N–H and O–H groups in total. The van der Waals surface area contributed by atoms with E-state index in [1.165, 1.54) is 42.7 Å². The molecular weight excluding hydrogens is 457 g/mol. The molecule has 0 bridgehead atoms. The lowest BCUT2D eigenvalue weighted by Crippen LogP contribution is -2.15. The maximum absolute atomic E-state index is 13.0. The molecule has 0 spiro atoms. The van der Waals surface area contributed by atoms with Gasteiger partial charge in [-0.25, -0.2) is 4.79 Å². The Morgan fingerprint density at radius 3 is 2.58 bits per heavy atom. The maximum atomic E-state index is 13.0. The quantitative estimate of drug-likeness (QED) is 0.279. The van der Waals surface area contributed by atoms with Crippen LogP contribution in [-0.4, -0.2) is 19.0 Å². The summed E-state index contributed by atoms with van der Waals surface area (Å²) in [5.74, 6) is -1.16. The van der Waals surface area contributed by atoms with E-state index in [0.717, 1.165) is 23.1 Å². The number of methoxy groups -OCH3 is 1. The second kappa shape index (κ2) is 9.34. The monoisotopic (exact) mass is 474 g/mol. The Labute approximate surface area is 190 Å². The molecule has 1 amide bonds. The number of hydrogen-bond acceptors (Lipinski definition) is 6. The molecular formula is C23H17F3N2O4S. The number of nitrogens with one attached hydrogen (secondary N) is 1. The summed E-state index contributed by atoms with van der Waals surface area (Å²) in [6.07, 6.45) is -3.34. The Bertz CT molecular complexity index is 1300. The minimum Gasteiger partial charge on any atom is -0.465 e. The summed E-state index contributed by atoms with van der Waals surface area (Å²) in [6.45, 7) is 3.49. The van der Waals surface area contributed by atoms with Gasteiger partial charge in [-0.2, -0.15) is 18.4 Å². The number of rotatable bonds is 5. The summed E-state index contributed by atoms with van der Waals surface area (Å²) in [4.78, 5) is 25.5. The van der Waals surface area contributed by atoms with Crippen LogP contribution in [0.1, 0.15) is 32.1 Å². The third kappa shape index (κ3) is 5.15.